The minimum atomic E-state index is -0.650. The molecule has 27 heavy (non-hydrogen) atoms. The summed E-state index contributed by atoms with van der Waals surface area (Å²) in [7, 11) is 1.59. The van der Waals surface area contributed by atoms with Gasteiger partial charge in [-0.05, 0) is 47.9 Å². The van der Waals surface area contributed by atoms with E-state index < -0.39 is 5.97 Å². The van der Waals surface area contributed by atoms with Crippen LogP contribution in [0.1, 0.15) is 11.1 Å². The van der Waals surface area contributed by atoms with Gasteiger partial charge in [0.2, 0.25) is 6.61 Å². The Balaban J connectivity index is 1.39. The number of nitrogens with zero attached hydrogens (tertiary/aromatic N) is 2. The summed E-state index contributed by atoms with van der Waals surface area (Å²) in [4.78, 5) is 30.5. The van der Waals surface area contributed by atoms with E-state index in [2.05, 4.69) is 5.16 Å². The molecule has 0 saturated heterocycles. The average Bonchev–Trinajstić information content (AvgIpc) is 3.14. The van der Waals surface area contributed by atoms with Crippen molar-refractivity contribution in [3.05, 3.63) is 59.7 Å². The zero-order valence-corrected chi connectivity index (χ0v) is 15.0. The minimum absolute atomic E-state index is 0.255. The molecule has 140 valence electrons. The standard InChI is InChI=1S/C20H20N2O5/c1-25-17-8-6-15(7-9-17)12-21-27-14-20(24)26-13-19(23)22-11-10-16-4-2-3-5-18(16)22/h2-9,12H,10-11,13-14H2,1H3/b21-12-. The number of fused-ring (bicyclic) bond motifs is 1. The van der Waals surface area contributed by atoms with Crippen LogP contribution in [0.5, 0.6) is 5.75 Å². The Kier molecular flexibility index (Phi) is 6.04. The van der Waals surface area contributed by atoms with E-state index >= 15 is 0 Å². The fraction of sp³-hybridized carbons (Fsp3) is 0.250. The Morgan fingerprint density at radius 3 is 2.67 bits per heavy atom. The maximum atomic E-state index is 12.2. The lowest BCUT2D eigenvalue weighted by molar-refractivity contribution is -0.152. The Bertz CT molecular complexity index is 833. The van der Waals surface area contributed by atoms with Crippen molar-refractivity contribution in [1.82, 2.24) is 0 Å². The van der Waals surface area contributed by atoms with Gasteiger partial charge in [-0.25, -0.2) is 4.79 Å². The van der Waals surface area contributed by atoms with Crippen LogP contribution < -0.4 is 9.64 Å². The average molecular weight is 368 g/mol. The summed E-state index contributed by atoms with van der Waals surface area (Å²) in [5.74, 6) is -0.167. The summed E-state index contributed by atoms with van der Waals surface area (Å²) in [5.41, 5.74) is 2.79. The highest BCUT2D eigenvalue weighted by molar-refractivity contribution is 5.97. The van der Waals surface area contributed by atoms with Crippen molar-refractivity contribution in [2.75, 3.05) is 31.8 Å². The van der Waals surface area contributed by atoms with E-state index in [1.54, 1.807) is 36.3 Å². The molecule has 0 unspecified atom stereocenters. The number of para-hydroxylation sites is 1. The van der Waals surface area contributed by atoms with Gasteiger partial charge >= 0.3 is 5.97 Å². The zero-order valence-electron chi connectivity index (χ0n) is 15.0. The Hall–Kier alpha value is -3.35. The third kappa shape index (κ3) is 4.84. The lowest BCUT2D eigenvalue weighted by atomic mass is 10.2. The van der Waals surface area contributed by atoms with Crippen molar-refractivity contribution in [3.8, 4) is 5.75 Å². The lowest BCUT2D eigenvalue weighted by Crippen LogP contribution is -2.33. The van der Waals surface area contributed by atoms with Gasteiger partial charge < -0.3 is 19.2 Å². The summed E-state index contributed by atoms with van der Waals surface area (Å²) in [6.45, 7) is -0.0897. The summed E-state index contributed by atoms with van der Waals surface area (Å²) in [6, 6.07) is 14.9. The Morgan fingerprint density at radius 1 is 1.11 bits per heavy atom. The van der Waals surface area contributed by atoms with E-state index in [-0.39, 0.29) is 19.1 Å². The number of methoxy groups -OCH3 is 1. The summed E-state index contributed by atoms with van der Waals surface area (Å²) in [5, 5.41) is 3.71. The van der Waals surface area contributed by atoms with E-state index in [1.165, 1.54) is 6.21 Å². The number of hydrogen-bond donors (Lipinski definition) is 0. The third-order valence-electron chi connectivity index (χ3n) is 4.12. The molecular weight excluding hydrogens is 348 g/mol. The van der Waals surface area contributed by atoms with Crippen molar-refractivity contribution >= 4 is 23.8 Å². The number of ether oxygens (including phenoxy) is 2. The molecule has 1 amide bonds. The molecule has 0 atom stereocenters. The largest absolute Gasteiger partial charge is 0.497 e. The molecule has 7 nitrogen and oxygen atoms in total. The van der Waals surface area contributed by atoms with Crippen LogP contribution in [-0.2, 0) is 25.6 Å². The molecule has 0 radical (unpaired) electrons. The molecule has 0 aliphatic carbocycles. The van der Waals surface area contributed by atoms with Gasteiger partial charge in [0.1, 0.15) is 5.75 Å². The first kappa shape index (κ1) is 18.4. The van der Waals surface area contributed by atoms with Gasteiger partial charge in [0.25, 0.3) is 5.91 Å². The molecule has 2 aromatic rings. The van der Waals surface area contributed by atoms with Crippen LogP contribution in [0.3, 0.4) is 0 Å². The maximum absolute atomic E-state index is 12.2. The van der Waals surface area contributed by atoms with Crippen LogP contribution in [0.4, 0.5) is 5.69 Å². The van der Waals surface area contributed by atoms with Crippen LogP contribution >= 0.6 is 0 Å². The van der Waals surface area contributed by atoms with Crippen LogP contribution in [0.15, 0.2) is 53.7 Å². The van der Waals surface area contributed by atoms with Gasteiger partial charge in [-0.3, -0.25) is 4.79 Å². The SMILES string of the molecule is COc1ccc(/C=N\OCC(=O)OCC(=O)N2CCc3ccccc32)cc1. The molecule has 0 bridgehead atoms. The Morgan fingerprint density at radius 2 is 1.89 bits per heavy atom. The fourth-order valence-corrected chi connectivity index (χ4v) is 2.74. The second-order valence-electron chi connectivity index (χ2n) is 5.87. The third-order valence-corrected chi connectivity index (χ3v) is 4.12. The number of carbonyl (C=O) groups excluding carboxylic acids is 2. The first-order valence-corrected chi connectivity index (χ1v) is 8.50. The van der Waals surface area contributed by atoms with Gasteiger partial charge in [-0.1, -0.05) is 23.4 Å². The maximum Gasteiger partial charge on any atom is 0.347 e. The minimum Gasteiger partial charge on any atom is -0.497 e. The number of benzene rings is 2. The van der Waals surface area contributed by atoms with E-state index in [1.807, 2.05) is 24.3 Å². The summed E-state index contributed by atoms with van der Waals surface area (Å²) >= 11 is 0. The number of esters is 1. The van der Waals surface area contributed by atoms with E-state index in [0.717, 1.165) is 29.0 Å². The highest BCUT2D eigenvalue weighted by Crippen LogP contribution is 2.27. The first-order chi connectivity index (χ1) is 13.2. The number of rotatable bonds is 7. The monoisotopic (exact) mass is 368 g/mol. The Labute approximate surface area is 157 Å². The molecule has 7 heteroatoms. The molecule has 0 N–H and O–H groups in total. The number of hydrogen-bond acceptors (Lipinski definition) is 6. The zero-order chi connectivity index (χ0) is 19.1. The van der Waals surface area contributed by atoms with Crippen molar-refractivity contribution in [2.45, 2.75) is 6.42 Å². The molecule has 3 rings (SSSR count). The predicted molar refractivity (Wildman–Crippen MR) is 100.0 cm³/mol. The highest BCUT2D eigenvalue weighted by Gasteiger charge is 2.24. The molecule has 0 spiro atoms. The number of anilines is 1. The second-order valence-corrected chi connectivity index (χ2v) is 5.87. The van der Waals surface area contributed by atoms with E-state index in [9.17, 15) is 9.59 Å². The molecule has 1 heterocycles. The molecule has 0 fully saturated rings. The van der Waals surface area contributed by atoms with Crippen LogP contribution in [-0.4, -0.2) is 45.0 Å². The van der Waals surface area contributed by atoms with Crippen molar-refractivity contribution in [2.24, 2.45) is 5.16 Å². The molecule has 2 aromatic carbocycles. The molecule has 0 saturated carbocycles. The molecule has 0 aromatic heterocycles. The van der Waals surface area contributed by atoms with Crippen molar-refractivity contribution in [3.63, 3.8) is 0 Å². The number of carbonyl (C=O) groups is 2. The predicted octanol–water partition coefficient (Wildman–Crippen LogP) is 2.18. The van der Waals surface area contributed by atoms with Gasteiger partial charge in [0, 0.05) is 12.2 Å². The fourth-order valence-electron chi connectivity index (χ4n) is 2.74. The van der Waals surface area contributed by atoms with Gasteiger partial charge in [0.05, 0.1) is 13.3 Å². The highest BCUT2D eigenvalue weighted by atomic mass is 16.7. The topological polar surface area (TPSA) is 77.4 Å². The molecule has 1 aliphatic heterocycles. The molecule has 1 aliphatic rings. The quantitative estimate of drug-likeness (QED) is 0.425. The van der Waals surface area contributed by atoms with Crippen LogP contribution in [0, 0.1) is 0 Å². The van der Waals surface area contributed by atoms with E-state index in [4.69, 9.17) is 14.3 Å². The number of oxime groups is 1. The van der Waals surface area contributed by atoms with Crippen LogP contribution in [0.2, 0.25) is 0 Å². The second kappa shape index (κ2) is 8.84. The normalized spacial score (nSPS) is 12.7. The van der Waals surface area contributed by atoms with E-state index in [0.29, 0.717) is 6.54 Å². The summed E-state index contributed by atoms with van der Waals surface area (Å²) < 4.78 is 10.0. The van der Waals surface area contributed by atoms with Gasteiger partial charge in [-0.15, -0.1) is 0 Å². The van der Waals surface area contributed by atoms with Crippen molar-refractivity contribution in [1.29, 1.82) is 0 Å². The number of amides is 1. The lowest BCUT2D eigenvalue weighted by Gasteiger charge is -2.16. The van der Waals surface area contributed by atoms with Gasteiger partial charge in [0.15, 0.2) is 6.61 Å². The first-order valence-electron chi connectivity index (χ1n) is 8.50. The van der Waals surface area contributed by atoms with Crippen LogP contribution in [0.25, 0.3) is 0 Å². The smallest absolute Gasteiger partial charge is 0.347 e. The van der Waals surface area contributed by atoms with Gasteiger partial charge in [-0.2, -0.15) is 0 Å². The van der Waals surface area contributed by atoms with Crippen molar-refractivity contribution < 1.29 is 23.9 Å². The summed E-state index contributed by atoms with van der Waals surface area (Å²) in [6.07, 6.45) is 2.28. The molecular formula is C20H20N2O5.